The first-order valence-corrected chi connectivity index (χ1v) is 6.95. The molecule has 0 spiro atoms. The fourth-order valence-corrected chi connectivity index (χ4v) is 2.94. The molecule has 3 unspecified atom stereocenters. The molecular formula is C13H20N4O2. The van der Waals surface area contributed by atoms with E-state index in [1.165, 1.54) is 0 Å². The van der Waals surface area contributed by atoms with Crippen molar-refractivity contribution in [2.45, 2.75) is 37.5 Å². The van der Waals surface area contributed by atoms with Crippen molar-refractivity contribution in [3.63, 3.8) is 0 Å². The zero-order valence-corrected chi connectivity index (χ0v) is 10.9. The molecule has 6 heteroatoms. The SMILES string of the molecule is O=C(NC1CCCC1n1ccnc1)C1CNCCO1. The van der Waals surface area contributed by atoms with Gasteiger partial charge >= 0.3 is 0 Å². The topological polar surface area (TPSA) is 68.2 Å². The maximum Gasteiger partial charge on any atom is 0.250 e. The lowest BCUT2D eigenvalue weighted by Gasteiger charge is -2.27. The van der Waals surface area contributed by atoms with Gasteiger partial charge in [0.05, 0.1) is 19.0 Å². The first-order valence-electron chi connectivity index (χ1n) is 6.95. The molecule has 1 amide bonds. The Morgan fingerprint density at radius 2 is 2.42 bits per heavy atom. The maximum atomic E-state index is 12.2. The molecular weight excluding hydrogens is 244 g/mol. The lowest BCUT2D eigenvalue weighted by molar-refractivity contribution is -0.135. The highest BCUT2D eigenvalue weighted by molar-refractivity contribution is 5.81. The summed E-state index contributed by atoms with van der Waals surface area (Å²) in [6.45, 7) is 2.03. The zero-order valence-electron chi connectivity index (χ0n) is 10.9. The van der Waals surface area contributed by atoms with E-state index in [9.17, 15) is 4.79 Å². The molecule has 0 radical (unpaired) electrons. The summed E-state index contributed by atoms with van der Waals surface area (Å²) in [7, 11) is 0. The molecule has 2 heterocycles. The fourth-order valence-electron chi connectivity index (χ4n) is 2.94. The van der Waals surface area contributed by atoms with Crippen LogP contribution in [0.25, 0.3) is 0 Å². The van der Waals surface area contributed by atoms with Gasteiger partial charge in [0.1, 0.15) is 6.10 Å². The number of amides is 1. The molecule has 2 fully saturated rings. The Balaban J connectivity index is 1.60. The van der Waals surface area contributed by atoms with Crippen molar-refractivity contribution < 1.29 is 9.53 Å². The van der Waals surface area contributed by atoms with Crippen LogP contribution in [0.4, 0.5) is 0 Å². The van der Waals surface area contributed by atoms with Crippen LogP contribution in [-0.4, -0.2) is 47.3 Å². The Kier molecular flexibility index (Phi) is 3.79. The van der Waals surface area contributed by atoms with Gasteiger partial charge in [-0.3, -0.25) is 4.79 Å². The Hall–Kier alpha value is -1.40. The highest BCUT2D eigenvalue weighted by Crippen LogP contribution is 2.29. The zero-order chi connectivity index (χ0) is 13.1. The van der Waals surface area contributed by atoms with Gasteiger partial charge in [-0.15, -0.1) is 0 Å². The highest BCUT2D eigenvalue weighted by atomic mass is 16.5. The maximum absolute atomic E-state index is 12.2. The Bertz CT molecular complexity index is 414. The molecule has 3 rings (SSSR count). The molecule has 1 aliphatic heterocycles. The molecule has 1 saturated heterocycles. The Morgan fingerprint density at radius 3 is 3.16 bits per heavy atom. The van der Waals surface area contributed by atoms with Gasteiger partial charge in [0.15, 0.2) is 0 Å². The number of morpholine rings is 1. The van der Waals surface area contributed by atoms with Crippen LogP contribution in [0.2, 0.25) is 0 Å². The van der Waals surface area contributed by atoms with Crippen LogP contribution in [0, 0.1) is 0 Å². The number of nitrogens with zero attached hydrogens (tertiary/aromatic N) is 2. The monoisotopic (exact) mass is 264 g/mol. The molecule has 0 bridgehead atoms. The third-order valence-electron chi connectivity index (χ3n) is 3.93. The second kappa shape index (κ2) is 5.71. The molecule has 0 aromatic carbocycles. The van der Waals surface area contributed by atoms with Crippen molar-refractivity contribution in [3.8, 4) is 0 Å². The van der Waals surface area contributed by atoms with Gasteiger partial charge in [-0.25, -0.2) is 4.98 Å². The third kappa shape index (κ3) is 2.79. The molecule has 6 nitrogen and oxygen atoms in total. The van der Waals surface area contributed by atoms with Crippen LogP contribution in [0.3, 0.4) is 0 Å². The number of imidazole rings is 1. The first-order chi connectivity index (χ1) is 9.34. The minimum Gasteiger partial charge on any atom is -0.366 e. The summed E-state index contributed by atoms with van der Waals surface area (Å²) >= 11 is 0. The smallest absolute Gasteiger partial charge is 0.250 e. The summed E-state index contributed by atoms with van der Waals surface area (Å²) in [5.74, 6) is 0.00390. The summed E-state index contributed by atoms with van der Waals surface area (Å²) in [6, 6.07) is 0.509. The van der Waals surface area contributed by atoms with Crippen molar-refractivity contribution in [1.82, 2.24) is 20.2 Å². The van der Waals surface area contributed by atoms with Crippen molar-refractivity contribution in [1.29, 1.82) is 0 Å². The van der Waals surface area contributed by atoms with E-state index in [4.69, 9.17) is 4.74 Å². The number of aromatic nitrogens is 2. The average molecular weight is 264 g/mol. The quantitative estimate of drug-likeness (QED) is 0.811. The van der Waals surface area contributed by atoms with E-state index in [-0.39, 0.29) is 18.1 Å². The largest absolute Gasteiger partial charge is 0.366 e. The fraction of sp³-hybridized carbons (Fsp3) is 0.692. The lowest BCUT2D eigenvalue weighted by atomic mass is 10.1. The Morgan fingerprint density at radius 1 is 1.47 bits per heavy atom. The molecule has 1 aromatic rings. The normalized spacial score (nSPS) is 31.3. The van der Waals surface area contributed by atoms with Crippen LogP contribution in [0.15, 0.2) is 18.7 Å². The number of hydrogen-bond acceptors (Lipinski definition) is 4. The third-order valence-corrected chi connectivity index (χ3v) is 3.93. The second-order valence-electron chi connectivity index (χ2n) is 5.19. The summed E-state index contributed by atoms with van der Waals surface area (Å²) in [5, 5.41) is 6.31. The van der Waals surface area contributed by atoms with E-state index < -0.39 is 0 Å². The van der Waals surface area contributed by atoms with Crippen LogP contribution < -0.4 is 10.6 Å². The molecule has 1 saturated carbocycles. The predicted molar refractivity (Wildman–Crippen MR) is 69.7 cm³/mol. The van der Waals surface area contributed by atoms with E-state index in [1.54, 1.807) is 6.20 Å². The van der Waals surface area contributed by atoms with Gasteiger partial charge in [0.2, 0.25) is 0 Å². The molecule has 19 heavy (non-hydrogen) atoms. The molecule has 1 aromatic heterocycles. The van der Waals surface area contributed by atoms with Crippen LogP contribution >= 0.6 is 0 Å². The molecule has 104 valence electrons. The van der Waals surface area contributed by atoms with E-state index in [0.717, 1.165) is 25.8 Å². The molecule has 2 aliphatic rings. The van der Waals surface area contributed by atoms with Crippen molar-refractivity contribution in [2.24, 2.45) is 0 Å². The number of rotatable bonds is 3. The number of hydrogen-bond donors (Lipinski definition) is 2. The minimum absolute atomic E-state index is 0.00390. The van der Waals surface area contributed by atoms with Crippen molar-refractivity contribution >= 4 is 5.91 Å². The van der Waals surface area contributed by atoms with Gasteiger partial charge in [-0.05, 0) is 19.3 Å². The van der Waals surface area contributed by atoms with Crippen LogP contribution in [0.5, 0.6) is 0 Å². The van der Waals surface area contributed by atoms with Gasteiger partial charge in [0.25, 0.3) is 5.91 Å². The predicted octanol–water partition coefficient (Wildman–Crippen LogP) is 0.0813. The van der Waals surface area contributed by atoms with Gasteiger partial charge in [0, 0.05) is 31.5 Å². The highest BCUT2D eigenvalue weighted by Gasteiger charge is 2.32. The number of carbonyl (C=O) groups excluding carboxylic acids is 1. The van der Waals surface area contributed by atoms with Gasteiger partial charge in [-0.2, -0.15) is 0 Å². The van der Waals surface area contributed by atoms with E-state index >= 15 is 0 Å². The standard InChI is InChI=1S/C13H20N4O2/c18-13(12-8-14-5-7-19-12)16-10-2-1-3-11(10)17-6-4-15-9-17/h4,6,9-12,14H,1-3,5,7-8H2,(H,16,18). The molecule has 3 atom stereocenters. The van der Waals surface area contributed by atoms with E-state index in [2.05, 4.69) is 20.2 Å². The lowest BCUT2D eigenvalue weighted by Crippen LogP contribution is -2.51. The molecule has 2 N–H and O–H groups in total. The minimum atomic E-state index is -0.349. The van der Waals surface area contributed by atoms with Gasteiger partial charge < -0.3 is 19.9 Å². The average Bonchev–Trinajstić information content (AvgIpc) is 3.10. The van der Waals surface area contributed by atoms with Crippen molar-refractivity contribution in [2.75, 3.05) is 19.7 Å². The van der Waals surface area contributed by atoms with Crippen LogP contribution in [-0.2, 0) is 9.53 Å². The number of nitrogens with one attached hydrogen (secondary N) is 2. The summed E-state index contributed by atoms with van der Waals surface area (Å²) in [6.07, 6.45) is 8.47. The molecule has 1 aliphatic carbocycles. The summed E-state index contributed by atoms with van der Waals surface area (Å²) in [4.78, 5) is 16.3. The summed E-state index contributed by atoms with van der Waals surface area (Å²) < 4.78 is 7.58. The number of carbonyl (C=O) groups is 1. The Labute approximate surface area is 112 Å². The summed E-state index contributed by atoms with van der Waals surface area (Å²) in [5.41, 5.74) is 0. The van der Waals surface area contributed by atoms with Gasteiger partial charge in [-0.1, -0.05) is 0 Å². The van der Waals surface area contributed by atoms with E-state index in [1.807, 2.05) is 12.5 Å². The first kappa shape index (κ1) is 12.6. The van der Waals surface area contributed by atoms with Crippen molar-refractivity contribution in [3.05, 3.63) is 18.7 Å². The van der Waals surface area contributed by atoms with E-state index in [0.29, 0.717) is 19.2 Å². The van der Waals surface area contributed by atoms with Crippen LogP contribution in [0.1, 0.15) is 25.3 Å². The second-order valence-corrected chi connectivity index (χ2v) is 5.19. The number of ether oxygens (including phenoxy) is 1.